The van der Waals surface area contributed by atoms with Gasteiger partial charge in [-0.1, -0.05) is 0 Å². The van der Waals surface area contributed by atoms with Crippen molar-refractivity contribution in [1.29, 1.82) is 0 Å². The molecular formula is C6H12N2S. The van der Waals surface area contributed by atoms with E-state index >= 15 is 0 Å². The molecular weight excluding hydrogens is 132 g/mol. The monoisotopic (exact) mass is 144 g/mol. The normalized spacial score (nSPS) is 19.7. The summed E-state index contributed by atoms with van der Waals surface area (Å²) in [5.41, 5.74) is 5.64. The molecule has 0 aromatic rings. The first-order valence-electron chi connectivity index (χ1n) is 3.11. The van der Waals surface area contributed by atoms with Crippen molar-refractivity contribution in [3.63, 3.8) is 0 Å². The number of nitrogens with one attached hydrogen (secondary N) is 1. The van der Waals surface area contributed by atoms with Crippen LogP contribution in [0.2, 0.25) is 0 Å². The van der Waals surface area contributed by atoms with Gasteiger partial charge in [-0.2, -0.15) is 0 Å². The molecule has 9 heavy (non-hydrogen) atoms. The Morgan fingerprint density at radius 1 is 1.67 bits per heavy atom. The molecule has 52 valence electrons. The fraction of sp³-hybridized carbons (Fsp3) is 0.667. The molecule has 1 aliphatic rings. The highest BCUT2D eigenvalue weighted by molar-refractivity contribution is 8.02. The van der Waals surface area contributed by atoms with Gasteiger partial charge in [-0.05, 0) is 19.1 Å². The van der Waals surface area contributed by atoms with Crippen molar-refractivity contribution in [3.05, 3.63) is 10.7 Å². The first-order chi connectivity index (χ1) is 4.34. The van der Waals surface area contributed by atoms with Gasteiger partial charge in [0.05, 0.1) is 0 Å². The summed E-state index contributed by atoms with van der Waals surface area (Å²) in [6.07, 6.45) is 4.44. The van der Waals surface area contributed by atoms with Crippen molar-refractivity contribution in [2.45, 2.75) is 12.8 Å². The van der Waals surface area contributed by atoms with E-state index in [0.717, 1.165) is 18.8 Å². The number of nitrogens with two attached hydrogens (primary N) is 1. The Balaban J connectivity index is 2.59. The standard InChI is InChI=1S/C6H12N2S/c1-9-5-3-2-4-8-6(5)7/h8H,2-4,7H2,1H3. The molecule has 2 nitrogen and oxygen atoms in total. The second-order valence-electron chi connectivity index (χ2n) is 2.07. The molecule has 0 fully saturated rings. The molecule has 0 aromatic carbocycles. The maximum Gasteiger partial charge on any atom is 0.106 e. The van der Waals surface area contributed by atoms with E-state index in [4.69, 9.17) is 5.73 Å². The Kier molecular flexibility index (Phi) is 2.28. The molecule has 0 radical (unpaired) electrons. The molecule has 3 N–H and O–H groups in total. The number of hydrogen-bond donors (Lipinski definition) is 2. The van der Waals surface area contributed by atoms with Crippen LogP contribution in [-0.2, 0) is 0 Å². The minimum atomic E-state index is 0.883. The van der Waals surface area contributed by atoms with Crippen LogP contribution in [0.3, 0.4) is 0 Å². The summed E-state index contributed by atoms with van der Waals surface area (Å²) in [7, 11) is 0. The highest BCUT2D eigenvalue weighted by Gasteiger charge is 2.06. The van der Waals surface area contributed by atoms with E-state index < -0.39 is 0 Å². The van der Waals surface area contributed by atoms with Gasteiger partial charge in [0.15, 0.2) is 0 Å². The first-order valence-corrected chi connectivity index (χ1v) is 4.33. The van der Waals surface area contributed by atoms with Crippen LogP contribution in [-0.4, -0.2) is 12.8 Å². The molecule has 0 aliphatic carbocycles. The maximum absolute atomic E-state index is 5.64. The van der Waals surface area contributed by atoms with E-state index in [-0.39, 0.29) is 0 Å². The Labute approximate surface area is 59.9 Å². The van der Waals surface area contributed by atoms with Crippen LogP contribution in [0.4, 0.5) is 0 Å². The molecule has 0 unspecified atom stereocenters. The molecule has 3 heteroatoms. The van der Waals surface area contributed by atoms with Crippen molar-refractivity contribution < 1.29 is 0 Å². The number of hydrogen-bond acceptors (Lipinski definition) is 3. The topological polar surface area (TPSA) is 38.0 Å². The summed E-state index contributed by atoms with van der Waals surface area (Å²) in [6, 6.07) is 0. The van der Waals surface area contributed by atoms with E-state index in [1.54, 1.807) is 11.8 Å². The van der Waals surface area contributed by atoms with Crippen LogP contribution in [0.25, 0.3) is 0 Å². The Morgan fingerprint density at radius 2 is 2.44 bits per heavy atom. The smallest absolute Gasteiger partial charge is 0.106 e. The molecule has 0 aromatic heterocycles. The van der Waals surface area contributed by atoms with Gasteiger partial charge in [-0.15, -0.1) is 11.8 Å². The lowest BCUT2D eigenvalue weighted by Crippen LogP contribution is -2.26. The van der Waals surface area contributed by atoms with Gasteiger partial charge in [-0.25, -0.2) is 0 Å². The number of thioether (sulfide) groups is 1. The fourth-order valence-electron chi connectivity index (χ4n) is 0.917. The summed E-state index contributed by atoms with van der Waals surface area (Å²) in [5.74, 6) is 0.883. The zero-order chi connectivity index (χ0) is 6.69. The predicted molar refractivity (Wildman–Crippen MR) is 42.0 cm³/mol. The Bertz CT molecular complexity index is 131. The van der Waals surface area contributed by atoms with Gasteiger partial charge >= 0.3 is 0 Å². The fourth-order valence-corrected chi connectivity index (χ4v) is 1.56. The maximum atomic E-state index is 5.64. The third-order valence-corrected chi connectivity index (χ3v) is 2.36. The quantitative estimate of drug-likeness (QED) is 0.573. The predicted octanol–water partition coefficient (Wildman–Crippen LogP) is 0.861. The van der Waals surface area contributed by atoms with E-state index in [9.17, 15) is 0 Å². The van der Waals surface area contributed by atoms with Crippen LogP contribution >= 0.6 is 11.8 Å². The number of rotatable bonds is 1. The lowest BCUT2D eigenvalue weighted by Gasteiger charge is -2.16. The van der Waals surface area contributed by atoms with Gasteiger partial charge < -0.3 is 11.1 Å². The molecule has 0 saturated heterocycles. The van der Waals surface area contributed by atoms with Crippen molar-refractivity contribution in [2.24, 2.45) is 5.73 Å². The van der Waals surface area contributed by atoms with E-state index in [1.807, 2.05) is 0 Å². The zero-order valence-electron chi connectivity index (χ0n) is 5.61. The van der Waals surface area contributed by atoms with Crippen LogP contribution < -0.4 is 11.1 Å². The molecule has 1 aliphatic heterocycles. The Morgan fingerprint density at radius 3 is 2.89 bits per heavy atom. The van der Waals surface area contributed by atoms with Gasteiger partial charge in [0.1, 0.15) is 5.82 Å². The van der Waals surface area contributed by atoms with Gasteiger partial charge in [0.25, 0.3) is 0 Å². The minimum Gasteiger partial charge on any atom is -0.385 e. The lowest BCUT2D eigenvalue weighted by atomic mass is 10.2. The van der Waals surface area contributed by atoms with Crippen molar-refractivity contribution >= 4 is 11.8 Å². The molecule has 1 rings (SSSR count). The lowest BCUT2D eigenvalue weighted by molar-refractivity contribution is 0.676. The van der Waals surface area contributed by atoms with Crippen LogP contribution in [0.5, 0.6) is 0 Å². The van der Waals surface area contributed by atoms with Gasteiger partial charge in [-0.3, -0.25) is 0 Å². The molecule has 0 amide bonds. The summed E-state index contributed by atoms with van der Waals surface area (Å²) < 4.78 is 0. The van der Waals surface area contributed by atoms with Crippen LogP contribution in [0.15, 0.2) is 10.7 Å². The highest BCUT2D eigenvalue weighted by atomic mass is 32.2. The third kappa shape index (κ3) is 1.55. The van der Waals surface area contributed by atoms with Crippen molar-refractivity contribution in [3.8, 4) is 0 Å². The summed E-state index contributed by atoms with van der Waals surface area (Å²) in [4.78, 5) is 1.31. The molecule has 0 saturated carbocycles. The average Bonchev–Trinajstić information content (AvgIpc) is 1.89. The summed E-state index contributed by atoms with van der Waals surface area (Å²) in [5, 5.41) is 3.12. The molecule has 1 heterocycles. The van der Waals surface area contributed by atoms with Crippen molar-refractivity contribution in [2.75, 3.05) is 12.8 Å². The van der Waals surface area contributed by atoms with E-state index in [0.29, 0.717) is 0 Å². The zero-order valence-corrected chi connectivity index (χ0v) is 6.42. The third-order valence-electron chi connectivity index (χ3n) is 1.44. The van der Waals surface area contributed by atoms with Gasteiger partial charge in [0, 0.05) is 11.4 Å². The molecule has 0 bridgehead atoms. The first kappa shape index (κ1) is 6.81. The highest BCUT2D eigenvalue weighted by Crippen LogP contribution is 2.21. The van der Waals surface area contributed by atoms with Crippen molar-refractivity contribution in [1.82, 2.24) is 5.32 Å². The largest absolute Gasteiger partial charge is 0.385 e. The second-order valence-corrected chi connectivity index (χ2v) is 2.97. The summed E-state index contributed by atoms with van der Waals surface area (Å²) >= 11 is 1.75. The van der Waals surface area contributed by atoms with E-state index in [1.165, 1.54) is 11.3 Å². The minimum absolute atomic E-state index is 0.883. The SMILES string of the molecule is CSC1=C(N)NCCC1. The van der Waals surface area contributed by atoms with Crippen LogP contribution in [0.1, 0.15) is 12.8 Å². The average molecular weight is 144 g/mol. The van der Waals surface area contributed by atoms with E-state index in [2.05, 4.69) is 11.6 Å². The van der Waals surface area contributed by atoms with Gasteiger partial charge in [0.2, 0.25) is 0 Å². The second kappa shape index (κ2) is 3.01. The van der Waals surface area contributed by atoms with Crippen LogP contribution in [0, 0.1) is 0 Å². The Hall–Kier alpha value is -0.310. The molecule has 0 spiro atoms. The summed E-state index contributed by atoms with van der Waals surface area (Å²) in [6.45, 7) is 1.04. The molecule has 0 atom stereocenters. The number of allylic oxidation sites excluding steroid dienone is 1.